The van der Waals surface area contributed by atoms with E-state index >= 15 is 0 Å². The van der Waals surface area contributed by atoms with Gasteiger partial charge in [-0.25, -0.2) is 4.98 Å². The average Bonchev–Trinajstić information content (AvgIpc) is 2.70. The molecule has 0 aliphatic heterocycles. The van der Waals surface area contributed by atoms with Crippen LogP contribution in [0.25, 0.3) is 0 Å². The highest BCUT2D eigenvalue weighted by atomic mass is 32.1. The molecule has 0 saturated carbocycles. The van der Waals surface area contributed by atoms with E-state index in [-0.39, 0.29) is 0 Å². The first-order chi connectivity index (χ1) is 9.42. The second kappa shape index (κ2) is 8.25. The van der Waals surface area contributed by atoms with Crippen molar-refractivity contribution in [3.63, 3.8) is 0 Å². The summed E-state index contributed by atoms with van der Waals surface area (Å²) in [6.45, 7) is 11.6. The van der Waals surface area contributed by atoms with Gasteiger partial charge in [0.05, 0.1) is 17.2 Å². The maximum absolute atomic E-state index is 4.44. The van der Waals surface area contributed by atoms with Crippen molar-refractivity contribution in [3.8, 4) is 0 Å². The van der Waals surface area contributed by atoms with Crippen molar-refractivity contribution in [2.45, 2.75) is 60.0 Å². The lowest BCUT2D eigenvalue weighted by Crippen LogP contribution is -2.41. The third-order valence-corrected chi connectivity index (χ3v) is 4.27. The first-order valence-electron chi connectivity index (χ1n) is 7.32. The minimum absolute atomic E-state index is 0.438. The summed E-state index contributed by atoms with van der Waals surface area (Å²) in [5, 5.41) is 7.93. The second-order valence-electron chi connectivity index (χ2n) is 5.68. The average molecular weight is 296 g/mol. The van der Waals surface area contributed by atoms with Crippen molar-refractivity contribution in [2.24, 2.45) is 10.9 Å². The van der Waals surface area contributed by atoms with Crippen molar-refractivity contribution >= 4 is 17.3 Å². The van der Waals surface area contributed by atoms with Crippen LogP contribution in [0.4, 0.5) is 0 Å². The molecule has 1 aromatic rings. The largest absolute Gasteiger partial charge is 0.354 e. The highest BCUT2D eigenvalue weighted by Crippen LogP contribution is 2.16. The van der Waals surface area contributed by atoms with E-state index in [4.69, 9.17) is 0 Å². The van der Waals surface area contributed by atoms with Crippen molar-refractivity contribution in [1.82, 2.24) is 15.6 Å². The number of guanidine groups is 1. The lowest BCUT2D eigenvalue weighted by molar-refractivity contribution is 0.489. The maximum atomic E-state index is 4.44. The van der Waals surface area contributed by atoms with E-state index in [0.29, 0.717) is 6.04 Å². The van der Waals surface area contributed by atoms with Gasteiger partial charge in [-0.3, -0.25) is 4.99 Å². The molecular weight excluding hydrogens is 268 g/mol. The predicted molar refractivity (Wildman–Crippen MR) is 88.5 cm³/mol. The van der Waals surface area contributed by atoms with E-state index in [9.17, 15) is 0 Å². The minimum Gasteiger partial charge on any atom is -0.354 e. The molecule has 0 aromatic carbocycles. The lowest BCUT2D eigenvalue weighted by Gasteiger charge is -2.18. The number of nitrogens with zero attached hydrogens (tertiary/aromatic N) is 2. The zero-order valence-electron chi connectivity index (χ0n) is 13.6. The Labute approximate surface area is 127 Å². The summed E-state index contributed by atoms with van der Waals surface area (Å²) in [4.78, 5) is 10.0. The molecule has 5 heteroatoms. The van der Waals surface area contributed by atoms with Gasteiger partial charge in [0.15, 0.2) is 5.96 Å². The molecule has 114 valence electrons. The van der Waals surface area contributed by atoms with Crippen LogP contribution in [0.2, 0.25) is 0 Å². The van der Waals surface area contributed by atoms with Gasteiger partial charge in [0.2, 0.25) is 0 Å². The molecule has 0 bridgehead atoms. The molecule has 0 saturated heterocycles. The number of hydrogen-bond donors (Lipinski definition) is 2. The van der Waals surface area contributed by atoms with Crippen LogP contribution in [0.3, 0.4) is 0 Å². The van der Waals surface area contributed by atoms with Crippen molar-refractivity contribution in [2.75, 3.05) is 7.05 Å². The van der Waals surface area contributed by atoms with Crippen molar-refractivity contribution < 1.29 is 0 Å². The molecule has 0 spiro atoms. The van der Waals surface area contributed by atoms with Crippen LogP contribution < -0.4 is 10.6 Å². The Balaban J connectivity index is 2.42. The van der Waals surface area contributed by atoms with Crippen LogP contribution >= 0.6 is 11.3 Å². The Morgan fingerprint density at radius 3 is 2.45 bits per heavy atom. The summed E-state index contributed by atoms with van der Waals surface area (Å²) in [6, 6.07) is 0.438. The zero-order chi connectivity index (χ0) is 15.1. The third kappa shape index (κ3) is 5.90. The standard InChI is InChI=1S/C15H28N4S/c1-10(2)7-8-11(3)18-15(16-6)17-9-14-12(4)19-13(5)20-14/h10-11H,7-9H2,1-6H3,(H2,16,17,18). The van der Waals surface area contributed by atoms with Gasteiger partial charge in [0.25, 0.3) is 0 Å². The van der Waals surface area contributed by atoms with Gasteiger partial charge in [-0.1, -0.05) is 13.8 Å². The van der Waals surface area contributed by atoms with Gasteiger partial charge in [-0.05, 0) is 39.5 Å². The number of rotatable bonds is 6. The summed E-state index contributed by atoms with van der Waals surface area (Å²) in [5.41, 5.74) is 1.11. The molecule has 0 fully saturated rings. The predicted octanol–water partition coefficient (Wildman–Crippen LogP) is 3.25. The first-order valence-corrected chi connectivity index (χ1v) is 8.14. The highest BCUT2D eigenvalue weighted by molar-refractivity contribution is 7.11. The topological polar surface area (TPSA) is 49.3 Å². The zero-order valence-corrected chi connectivity index (χ0v) is 14.4. The smallest absolute Gasteiger partial charge is 0.191 e. The Hall–Kier alpha value is -1.10. The number of aromatic nitrogens is 1. The van der Waals surface area contributed by atoms with Crippen LogP contribution in [0.5, 0.6) is 0 Å². The maximum Gasteiger partial charge on any atom is 0.191 e. The summed E-state index contributed by atoms with van der Waals surface area (Å²) < 4.78 is 0. The molecule has 1 aromatic heterocycles. The molecular formula is C15H28N4S. The number of nitrogens with one attached hydrogen (secondary N) is 2. The van der Waals surface area contributed by atoms with Crippen LogP contribution in [-0.2, 0) is 6.54 Å². The Bertz CT molecular complexity index is 437. The van der Waals surface area contributed by atoms with Gasteiger partial charge in [-0.15, -0.1) is 11.3 Å². The van der Waals surface area contributed by atoms with E-state index in [1.165, 1.54) is 11.3 Å². The van der Waals surface area contributed by atoms with Gasteiger partial charge < -0.3 is 10.6 Å². The summed E-state index contributed by atoms with van der Waals surface area (Å²) in [6.07, 6.45) is 2.40. The van der Waals surface area contributed by atoms with Crippen molar-refractivity contribution in [1.29, 1.82) is 0 Å². The van der Waals surface area contributed by atoms with Gasteiger partial charge in [0, 0.05) is 18.0 Å². The molecule has 20 heavy (non-hydrogen) atoms. The molecule has 0 aliphatic carbocycles. The molecule has 0 amide bonds. The quantitative estimate of drug-likeness (QED) is 0.626. The first kappa shape index (κ1) is 17.0. The fourth-order valence-corrected chi connectivity index (χ4v) is 2.86. The number of aliphatic imine (C=N–C) groups is 1. The van der Waals surface area contributed by atoms with E-state index in [1.807, 2.05) is 14.0 Å². The van der Waals surface area contributed by atoms with E-state index in [0.717, 1.165) is 35.5 Å². The SMILES string of the molecule is CN=C(NCc1sc(C)nc1C)NC(C)CCC(C)C. The van der Waals surface area contributed by atoms with Crippen LogP contribution in [0.15, 0.2) is 4.99 Å². The molecule has 1 rings (SSSR count). The third-order valence-electron chi connectivity index (χ3n) is 3.20. The molecule has 1 unspecified atom stereocenters. The van der Waals surface area contributed by atoms with Crippen molar-refractivity contribution in [3.05, 3.63) is 15.6 Å². The summed E-state index contributed by atoms with van der Waals surface area (Å²) >= 11 is 1.74. The summed E-state index contributed by atoms with van der Waals surface area (Å²) in [5.74, 6) is 1.61. The summed E-state index contributed by atoms with van der Waals surface area (Å²) in [7, 11) is 1.81. The normalized spacial score (nSPS) is 13.7. The molecule has 1 atom stereocenters. The van der Waals surface area contributed by atoms with Crippen LogP contribution in [-0.4, -0.2) is 24.0 Å². The Morgan fingerprint density at radius 2 is 1.95 bits per heavy atom. The van der Waals surface area contributed by atoms with Crippen LogP contribution in [0.1, 0.15) is 49.2 Å². The molecule has 0 radical (unpaired) electrons. The monoisotopic (exact) mass is 296 g/mol. The van der Waals surface area contributed by atoms with E-state index in [2.05, 4.69) is 48.3 Å². The van der Waals surface area contributed by atoms with Gasteiger partial charge in [-0.2, -0.15) is 0 Å². The molecule has 1 heterocycles. The Morgan fingerprint density at radius 1 is 1.25 bits per heavy atom. The van der Waals surface area contributed by atoms with Crippen LogP contribution in [0, 0.1) is 19.8 Å². The molecule has 0 aliphatic rings. The van der Waals surface area contributed by atoms with E-state index in [1.54, 1.807) is 11.3 Å². The number of thiazole rings is 1. The second-order valence-corrected chi connectivity index (χ2v) is 6.97. The number of hydrogen-bond acceptors (Lipinski definition) is 3. The van der Waals surface area contributed by atoms with Gasteiger partial charge in [0.1, 0.15) is 0 Å². The molecule has 4 nitrogen and oxygen atoms in total. The van der Waals surface area contributed by atoms with E-state index < -0.39 is 0 Å². The Kier molecular flexibility index (Phi) is 6.99. The highest BCUT2D eigenvalue weighted by Gasteiger charge is 2.08. The van der Waals surface area contributed by atoms with Gasteiger partial charge >= 0.3 is 0 Å². The minimum atomic E-state index is 0.438. The fraction of sp³-hybridized carbons (Fsp3) is 0.733. The molecule has 2 N–H and O–H groups in total. The fourth-order valence-electron chi connectivity index (χ4n) is 1.99. The lowest BCUT2D eigenvalue weighted by atomic mass is 10.0. The number of aryl methyl sites for hydroxylation is 2.